The van der Waals surface area contributed by atoms with Crippen LogP contribution in [0.3, 0.4) is 0 Å². The molecule has 1 saturated heterocycles. The van der Waals surface area contributed by atoms with E-state index in [0.717, 1.165) is 12.1 Å². The van der Waals surface area contributed by atoms with Crippen molar-refractivity contribution in [2.24, 2.45) is 7.05 Å². The molecule has 0 saturated carbocycles. The molecule has 0 radical (unpaired) electrons. The van der Waals surface area contributed by atoms with Gasteiger partial charge in [-0.05, 0) is 31.2 Å². The number of hydrogen-bond donors (Lipinski definition) is 2. The molecule has 1 fully saturated rings. The van der Waals surface area contributed by atoms with Gasteiger partial charge in [-0.2, -0.15) is 5.26 Å². The summed E-state index contributed by atoms with van der Waals surface area (Å²) in [6.45, 7) is 2.27. The number of amides is 1. The van der Waals surface area contributed by atoms with Crippen LogP contribution in [-0.4, -0.2) is 37.6 Å². The summed E-state index contributed by atoms with van der Waals surface area (Å²) in [5.41, 5.74) is -0.458. The van der Waals surface area contributed by atoms with Gasteiger partial charge >= 0.3 is 0 Å². The number of aromatic nitrogens is 1. The molecule has 0 bridgehead atoms. The first-order chi connectivity index (χ1) is 12.6. The van der Waals surface area contributed by atoms with Gasteiger partial charge in [-0.1, -0.05) is 0 Å². The number of aryl methyl sites for hydroxylation is 1. The van der Waals surface area contributed by atoms with Gasteiger partial charge in [0.25, 0.3) is 5.91 Å². The van der Waals surface area contributed by atoms with Gasteiger partial charge in [-0.15, -0.1) is 0 Å². The number of carbonyl (C=O) groups is 1. The second kappa shape index (κ2) is 6.77. The van der Waals surface area contributed by atoms with Crippen molar-refractivity contribution in [1.82, 2.24) is 9.29 Å². The Bertz CT molecular complexity index is 1050. The molecule has 1 amide bonds. The first-order valence-corrected chi connectivity index (χ1v) is 9.40. The smallest absolute Gasteiger partial charge is 0.272 e. The van der Waals surface area contributed by atoms with Crippen molar-refractivity contribution < 1.29 is 22.3 Å². The third-order valence-corrected chi connectivity index (χ3v) is 5.63. The fourth-order valence-electron chi connectivity index (χ4n) is 2.68. The Morgan fingerprint density at radius 2 is 2.04 bits per heavy atom. The van der Waals surface area contributed by atoms with Crippen LogP contribution >= 0.6 is 0 Å². The summed E-state index contributed by atoms with van der Waals surface area (Å²) >= 11 is 0. The molecule has 1 aliphatic rings. The molecule has 1 aromatic carbocycles. The molecular weight excluding hydrogens is 375 g/mol. The normalized spacial score (nSPS) is 15.6. The topological polar surface area (TPSA) is 113 Å². The van der Waals surface area contributed by atoms with E-state index in [4.69, 9.17) is 10.00 Å². The summed E-state index contributed by atoms with van der Waals surface area (Å²) < 4.78 is 47.5. The molecule has 0 atom stereocenters. The number of anilines is 1. The van der Waals surface area contributed by atoms with Gasteiger partial charge < -0.3 is 14.6 Å². The Hall–Kier alpha value is -2.74. The summed E-state index contributed by atoms with van der Waals surface area (Å²) in [6.07, 6.45) is 1.31. The van der Waals surface area contributed by atoms with Crippen LogP contribution in [0, 0.1) is 17.1 Å². The van der Waals surface area contributed by atoms with Crippen molar-refractivity contribution >= 4 is 21.6 Å². The lowest BCUT2D eigenvalue weighted by Gasteiger charge is -2.38. The molecule has 1 aliphatic heterocycles. The maximum Gasteiger partial charge on any atom is 0.272 e. The number of nitrogens with zero attached hydrogens (tertiary/aromatic N) is 2. The molecular formula is C17H17FN4O4S. The van der Waals surface area contributed by atoms with Crippen LogP contribution in [-0.2, 0) is 21.8 Å². The van der Waals surface area contributed by atoms with Crippen molar-refractivity contribution in [2.75, 3.05) is 18.5 Å². The number of hydrogen-bond acceptors (Lipinski definition) is 5. The average molecular weight is 392 g/mol. The lowest BCUT2D eigenvalue weighted by atomic mass is 10.0. The third-order valence-electron chi connectivity index (χ3n) is 4.03. The Morgan fingerprint density at radius 3 is 2.63 bits per heavy atom. The van der Waals surface area contributed by atoms with E-state index in [2.05, 4.69) is 10.0 Å². The molecule has 3 rings (SSSR count). The minimum absolute atomic E-state index is 0.0561. The van der Waals surface area contributed by atoms with E-state index in [1.54, 1.807) is 13.0 Å². The van der Waals surface area contributed by atoms with E-state index in [1.165, 1.54) is 29.9 Å². The van der Waals surface area contributed by atoms with E-state index in [9.17, 15) is 17.6 Å². The predicted molar refractivity (Wildman–Crippen MR) is 94.0 cm³/mol. The lowest BCUT2D eigenvalue weighted by molar-refractivity contribution is -0.0523. The summed E-state index contributed by atoms with van der Waals surface area (Å²) in [5.74, 6) is -1.30. The lowest BCUT2D eigenvalue weighted by Crippen LogP contribution is -2.59. The van der Waals surface area contributed by atoms with Crippen LogP contribution in [0.2, 0.25) is 0 Å². The summed E-state index contributed by atoms with van der Waals surface area (Å²) in [6, 6.07) is 6.45. The molecule has 27 heavy (non-hydrogen) atoms. The van der Waals surface area contributed by atoms with Crippen molar-refractivity contribution in [3.8, 4) is 6.07 Å². The highest BCUT2D eigenvalue weighted by Gasteiger charge is 2.38. The number of benzene rings is 1. The van der Waals surface area contributed by atoms with Gasteiger partial charge in [0.2, 0.25) is 10.0 Å². The van der Waals surface area contributed by atoms with E-state index >= 15 is 0 Å². The number of ether oxygens (including phenoxy) is 1. The van der Waals surface area contributed by atoms with Crippen molar-refractivity contribution in [1.29, 1.82) is 5.26 Å². The standard InChI is InChI=1S/C17H17FN4O4S/c1-17(9-26-10-17)21-27(24,25)14-6-15(22(2)8-14)16(23)20-13-4-11(7-19)3-12(18)5-13/h3-6,8,21H,9-10H2,1-2H3,(H,20,23). The first kappa shape index (κ1) is 19.0. The average Bonchev–Trinajstić information content (AvgIpc) is 2.95. The third kappa shape index (κ3) is 4.00. The van der Waals surface area contributed by atoms with Gasteiger partial charge in [-0.3, -0.25) is 4.79 Å². The molecule has 0 aliphatic carbocycles. The SMILES string of the molecule is Cn1cc(S(=O)(=O)NC2(C)COC2)cc1C(=O)Nc1cc(F)cc(C#N)c1. The highest BCUT2D eigenvalue weighted by Crippen LogP contribution is 2.22. The summed E-state index contributed by atoms with van der Waals surface area (Å²) in [7, 11) is -2.32. The number of halogens is 1. The molecule has 2 N–H and O–H groups in total. The molecule has 0 unspecified atom stereocenters. The maximum absolute atomic E-state index is 13.5. The zero-order chi connectivity index (χ0) is 19.8. The van der Waals surface area contributed by atoms with Gasteiger partial charge in [0, 0.05) is 18.9 Å². The Labute approximate surface area is 155 Å². The van der Waals surface area contributed by atoms with Crippen molar-refractivity contribution in [3.63, 3.8) is 0 Å². The van der Waals surface area contributed by atoms with Crippen LogP contribution in [0.5, 0.6) is 0 Å². The quantitative estimate of drug-likeness (QED) is 0.798. The molecule has 0 spiro atoms. The number of sulfonamides is 1. The van der Waals surface area contributed by atoms with Crippen LogP contribution in [0.15, 0.2) is 35.4 Å². The zero-order valence-electron chi connectivity index (χ0n) is 14.6. The van der Waals surface area contributed by atoms with Crippen molar-refractivity contribution in [2.45, 2.75) is 17.4 Å². The molecule has 1 aromatic heterocycles. The number of carbonyl (C=O) groups excluding carboxylic acids is 1. The summed E-state index contributed by atoms with van der Waals surface area (Å²) in [5, 5.41) is 11.3. The predicted octanol–water partition coefficient (Wildman–Crippen LogP) is 1.36. The fraction of sp³-hybridized carbons (Fsp3) is 0.294. The Balaban J connectivity index is 1.83. The molecule has 2 heterocycles. The van der Waals surface area contributed by atoms with Gasteiger partial charge in [0.1, 0.15) is 16.4 Å². The number of nitriles is 1. The summed E-state index contributed by atoms with van der Waals surface area (Å²) in [4.78, 5) is 12.4. The minimum Gasteiger partial charge on any atom is -0.377 e. The zero-order valence-corrected chi connectivity index (χ0v) is 15.4. The van der Waals surface area contributed by atoms with Crippen LogP contribution in [0.1, 0.15) is 23.0 Å². The van der Waals surface area contributed by atoms with E-state index < -0.39 is 27.3 Å². The number of nitrogens with one attached hydrogen (secondary N) is 2. The highest BCUT2D eigenvalue weighted by molar-refractivity contribution is 7.89. The second-order valence-corrected chi connectivity index (χ2v) is 8.31. The minimum atomic E-state index is -3.84. The van der Waals surface area contributed by atoms with Gasteiger partial charge in [-0.25, -0.2) is 17.5 Å². The van der Waals surface area contributed by atoms with E-state index in [0.29, 0.717) is 0 Å². The second-order valence-electron chi connectivity index (χ2n) is 6.63. The Morgan fingerprint density at radius 1 is 1.33 bits per heavy atom. The monoisotopic (exact) mass is 392 g/mol. The van der Waals surface area contributed by atoms with E-state index in [1.807, 2.05) is 0 Å². The first-order valence-electron chi connectivity index (χ1n) is 7.92. The molecule has 142 valence electrons. The fourth-order valence-corrected chi connectivity index (χ4v) is 4.13. The molecule has 2 aromatic rings. The van der Waals surface area contributed by atoms with Gasteiger partial charge in [0.05, 0.1) is 30.4 Å². The van der Waals surface area contributed by atoms with Crippen LogP contribution in [0.25, 0.3) is 0 Å². The molecule has 8 nitrogen and oxygen atoms in total. The number of rotatable bonds is 5. The van der Waals surface area contributed by atoms with Crippen molar-refractivity contribution in [3.05, 3.63) is 47.5 Å². The highest BCUT2D eigenvalue weighted by atomic mass is 32.2. The van der Waals surface area contributed by atoms with Crippen LogP contribution in [0.4, 0.5) is 10.1 Å². The van der Waals surface area contributed by atoms with Crippen LogP contribution < -0.4 is 10.0 Å². The Kier molecular flexibility index (Phi) is 4.77. The van der Waals surface area contributed by atoms with Gasteiger partial charge in [0.15, 0.2) is 0 Å². The molecule has 10 heteroatoms. The van der Waals surface area contributed by atoms with E-state index in [-0.39, 0.29) is 35.1 Å². The maximum atomic E-state index is 13.5. The largest absolute Gasteiger partial charge is 0.377 e.